The first-order chi connectivity index (χ1) is 15.1. The molecular weight excluding hydrogens is 396 g/mol. The molecule has 1 fully saturated rings. The van der Waals surface area contributed by atoms with E-state index < -0.39 is 6.10 Å². The van der Waals surface area contributed by atoms with Crippen LogP contribution >= 0.6 is 0 Å². The highest BCUT2D eigenvalue weighted by molar-refractivity contribution is 6.34. The number of aromatic amines is 1. The Labute approximate surface area is 180 Å². The number of aromatic nitrogens is 1. The van der Waals surface area contributed by atoms with Crippen LogP contribution in [-0.4, -0.2) is 83.7 Å². The summed E-state index contributed by atoms with van der Waals surface area (Å²) in [5, 5.41) is 13.4. The molecule has 162 valence electrons. The molecule has 4 heterocycles. The second-order valence-electron chi connectivity index (χ2n) is 8.24. The van der Waals surface area contributed by atoms with Crippen molar-refractivity contribution in [3.8, 4) is 0 Å². The Balaban J connectivity index is 1.29. The number of rotatable bonds is 5. The minimum absolute atomic E-state index is 0.0838. The number of carbonyl (C=O) groups excluding carboxylic acids is 2. The topological polar surface area (TPSA) is 97.9 Å². The third-order valence-corrected chi connectivity index (χ3v) is 6.08. The Bertz CT molecular complexity index is 1040. The fourth-order valence-electron chi connectivity index (χ4n) is 4.51. The van der Waals surface area contributed by atoms with Gasteiger partial charge < -0.3 is 25.0 Å². The van der Waals surface area contributed by atoms with Gasteiger partial charge in [-0.2, -0.15) is 0 Å². The third kappa shape index (κ3) is 4.01. The summed E-state index contributed by atoms with van der Waals surface area (Å²) in [4.78, 5) is 32.6. The van der Waals surface area contributed by atoms with Crippen LogP contribution in [0.4, 0.5) is 5.69 Å². The summed E-state index contributed by atoms with van der Waals surface area (Å²) in [5.41, 5.74) is 4.46. The minimum atomic E-state index is -0.595. The molecule has 1 saturated heterocycles. The number of aliphatic hydroxyl groups is 1. The van der Waals surface area contributed by atoms with E-state index in [0.717, 1.165) is 35.7 Å². The molecule has 1 aromatic carbocycles. The molecule has 3 N–H and O–H groups in total. The van der Waals surface area contributed by atoms with Gasteiger partial charge >= 0.3 is 0 Å². The van der Waals surface area contributed by atoms with Gasteiger partial charge in [-0.1, -0.05) is 18.2 Å². The van der Waals surface area contributed by atoms with Crippen molar-refractivity contribution in [3.63, 3.8) is 0 Å². The maximum atomic E-state index is 13.0. The molecule has 0 spiro atoms. The molecule has 0 radical (unpaired) electrons. The number of anilines is 1. The van der Waals surface area contributed by atoms with Crippen molar-refractivity contribution in [1.82, 2.24) is 14.8 Å². The van der Waals surface area contributed by atoms with Crippen molar-refractivity contribution < 1.29 is 19.4 Å². The van der Waals surface area contributed by atoms with E-state index >= 15 is 0 Å². The number of carbonyl (C=O) groups is 2. The van der Waals surface area contributed by atoms with Crippen LogP contribution in [0.5, 0.6) is 0 Å². The number of hydrogen-bond donors (Lipinski definition) is 3. The maximum Gasteiger partial charge on any atom is 0.256 e. The summed E-state index contributed by atoms with van der Waals surface area (Å²) in [7, 11) is 0. The molecule has 8 heteroatoms. The van der Waals surface area contributed by atoms with Crippen molar-refractivity contribution in [2.24, 2.45) is 0 Å². The van der Waals surface area contributed by atoms with Crippen LogP contribution in [-0.2, 0) is 16.0 Å². The van der Waals surface area contributed by atoms with E-state index in [9.17, 15) is 14.7 Å². The number of benzene rings is 1. The molecule has 1 unspecified atom stereocenters. The van der Waals surface area contributed by atoms with Crippen molar-refractivity contribution >= 4 is 29.2 Å². The van der Waals surface area contributed by atoms with Gasteiger partial charge in [-0.25, -0.2) is 0 Å². The predicted molar refractivity (Wildman–Crippen MR) is 117 cm³/mol. The third-order valence-electron chi connectivity index (χ3n) is 6.08. The van der Waals surface area contributed by atoms with E-state index in [-0.39, 0.29) is 11.8 Å². The summed E-state index contributed by atoms with van der Waals surface area (Å²) in [6.45, 7) is 4.40. The zero-order valence-electron chi connectivity index (χ0n) is 17.3. The normalized spacial score (nSPS) is 21.2. The molecule has 2 amide bonds. The Morgan fingerprint density at radius 3 is 2.74 bits per heavy atom. The summed E-state index contributed by atoms with van der Waals surface area (Å²) in [6.07, 6.45) is 1.89. The summed E-state index contributed by atoms with van der Waals surface area (Å²) < 4.78 is 5.34. The second-order valence-corrected chi connectivity index (χ2v) is 8.24. The van der Waals surface area contributed by atoms with Crippen LogP contribution in [0.3, 0.4) is 0 Å². The molecule has 3 aliphatic heterocycles. The molecule has 0 saturated carbocycles. The summed E-state index contributed by atoms with van der Waals surface area (Å²) >= 11 is 0. The molecule has 1 atom stereocenters. The van der Waals surface area contributed by atoms with E-state index in [1.807, 2.05) is 24.3 Å². The van der Waals surface area contributed by atoms with Crippen molar-refractivity contribution in [3.05, 3.63) is 52.8 Å². The van der Waals surface area contributed by atoms with Crippen LogP contribution in [0.25, 0.3) is 11.6 Å². The molecule has 2 aromatic rings. The quantitative estimate of drug-likeness (QED) is 0.629. The van der Waals surface area contributed by atoms with Crippen molar-refractivity contribution in [2.75, 3.05) is 51.3 Å². The van der Waals surface area contributed by atoms with Crippen LogP contribution < -0.4 is 5.32 Å². The van der Waals surface area contributed by atoms with E-state index in [1.165, 1.54) is 0 Å². The largest absolute Gasteiger partial charge is 0.390 e. The number of para-hydroxylation sites is 1. The van der Waals surface area contributed by atoms with Crippen LogP contribution in [0, 0.1) is 0 Å². The van der Waals surface area contributed by atoms with Crippen LogP contribution in [0.2, 0.25) is 0 Å². The number of morpholine rings is 1. The van der Waals surface area contributed by atoms with E-state index in [0.29, 0.717) is 50.4 Å². The zero-order chi connectivity index (χ0) is 21.4. The molecule has 31 heavy (non-hydrogen) atoms. The predicted octanol–water partition coefficient (Wildman–Crippen LogP) is 1.20. The summed E-state index contributed by atoms with van der Waals surface area (Å²) in [6, 6.07) is 9.37. The minimum Gasteiger partial charge on any atom is -0.390 e. The average Bonchev–Trinajstić information content (AvgIpc) is 3.32. The Morgan fingerprint density at radius 1 is 1.10 bits per heavy atom. The number of β-amino-alcohol motifs (C(OH)–C–C–N with tert-alkyl or cyclic N) is 1. The number of nitrogens with zero attached hydrogens (tertiary/aromatic N) is 2. The van der Waals surface area contributed by atoms with Gasteiger partial charge in [-0.3, -0.25) is 14.5 Å². The van der Waals surface area contributed by atoms with Gasteiger partial charge in [0.25, 0.3) is 11.8 Å². The lowest BCUT2D eigenvalue weighted by Crippen LogP contribution is -2.47. The maximum absolute atomic E-state index is 13.0. The first kappa shape index (κ1) is 20.0. The SMILES string of the molecule is O=C1Nc2ccccc2/C1=C/c1cc2c([nH]1)CCN(CC(O)CN1CCOCC1)C2=O. The zero-order valence-corrected chi connectivity index (χ0v) is 17.3. The van der Waals surface area contributed by atoms with Gasteiger partial charge in [0.05, 0.1) is 30.5 Å². The molecular formula is C23H26N4O4. The number of amides is 2. The molecule has 0 bridgehead atoms. The van der Waals surface area contributed by atoms with Crippen LogP contribution in [0.1, 0.15) is 27.3 Å². The second kappa shape index (κ2) is 8.30. The highest BCUT2D eigenvalue weighted by Crippen LogP contribution is 2.33. The number of H-pyrrole nitrogens is 1. The highest BCUT2D eigenvalue weighted by atomic mass is 16.5. The van der Waals surface area contributed by atoms with Crippen molar-refractivity contribution in [1.29, 1.82) is 0 Å². The Kier molecular flexibility index (Phi) is 5.35. The van der Waals surface area contributed by atoms with E-state index in [4.69, 9.17) is 4.74 Å². The lowest BCUT2D eigenvalue weighted by molar-refractivity contribution is -0.110. The first-order valence-electron chi connectivity index (χ1n) is 10.7. The molecule has 8 nitrogen and oxygen atoms in total. The highest BCUT2D eigenvalue weighted by Gasteiger charge is 2.29. The standard InChI is InChI=1S/C23H26N4O4/c28-16(13-26-7-9-31-10-8-26)14-27-6-5-21-19(23(27)30)12-15(24-21)11-18-17-3-1-2-4-20(17)25-22(18)29/h1-4,11-12,16,24,28H,5-10,13-14H2,(H,25,29)/b18-11-. The average molecular weight is 422 g/mol. The molecule has 1 aromatic heterocycles. The fraction of sp³-hybridized carbons (Fsp3) is 0.391. The van der Waals surface area contributed by atoms with Gasteiger partial charge in [0.2, 0.25) is 0 Å². The monoisotopic (exact) mass is 422 g/mol. The molecule has 3 aliphatic rings. The fourth-order valence-corrected chi connectivity index (χ4v) is 4.51. The number of nitrogens with one attached hydrogen (secondary N) is 2. The Morgan fingerprint density at radius 2 is 1.90 bits per heavy atom. The summed E-state index contributed by atoms with van der Waals surface area (Å²) in [5.74, 6) is -0.229. The van der Waals surface area contributed by atoms with Gasteiger partial charge in [0, 0.05) is 61.8 Å². The van der Waals surface area contributed by atoms with Crippen molar-refractivity contribution in [2.45, 2.75) is 12.5 Å². The number of hydrogen-bond acceptors (Lipinski definition) is 5. The van der Waals surface area contributed by atoms with Gasteiger partial charge in [0.15, 0.2) is 0 Å². The number of fused-ring (bicyclic) bond motifs is 2. The lowest BCUT2D eigenvalue weighted by Gasteiger charge is -2.32. The van der Waals surface area contributed by atoms with E-state index in [1.54, 1.807) is 17.0 Å². The smallest absolute Gasteiger partial charge is 0.256 e. The molecule has 0 aliphatic carbocycles. The molecule has 5 rings (SSSR count). The Hall–Kier alpha value is -2.94. The number of aliphatic hydroxyl groups excluding tert-OH is 1. The van der Waals surface area contributed by atoms with E-state index in [2.05, 4.69) is 15.2 Å². The first-order valence-corrected chi connectivity index (χ1v) is 10.7. The van der Waals surface area contributed by atoms with Gasteiger partial charge in [-0.15, -0.1) is 0 Å². The number of ether oxygens (including phenoxy) is 1. The lowest BCUT2D eigenvalue weighted by atomic mass is 10.1. The van der Waals surface area contributed by atoms with Crippen LogP contribution in [0.15, 0.2) is 30.3 Å². The van der Waals surface area contributed by atoms with Gasteiger partial charge in [0.1, 0.15) is 0 Å². The van der Waals surface area contributed by atoms with Gasteiger partial charge in [-0.05, 0) is 18.2 Å².